The minimum absolute atomic E-state index is 0.00151. The molecule has 0 aliphatic carbocycles. The number of fused-ring (bicyclic) bond motifs is 1. The van der Waals surface area contributed by atoms with Crippen LogP contribution in [0, 0.1) is 6.92 Å². The number of halogens is 1. The van der Waals surface area contributed by atoms with Crippen molar-refractivity contribution in [3.8, 4) is 0 Å². The molecule has 0 saturated carbocycles. The number of carbonyl (C=O) groups excluding carboxylic acids is 2. The van der Waals surface area contributed by atoms with Crippen LogP contribution in [0.15, 0.2) is 47.4 Å². The molecule has 3 rings (SSSR count). The Bertz CT molecular complexity index is 779. The molecule has 2 amide bonds. The van der Waals surface area contributed by atoms with Gasteiger partial charge in [-0.05, 0) is 42.8 Å². The smallest absolute Gasteiger partial charge is 0.244 e. The standard InChI is InChI=1S/C17H15ClN2O2S/c1-11-8-12(18)6-7-13(11)19-16(21)9-20-14-4-2-3-5-15(14)23-10-17(20)22/h2-8H,9-10H2,1H3,(H,19,21). The summed E-state index contributed by atoms with van der Waals surface area (Å²) in [5, 5.41) is 3.46. The van der Waals surface area contributed by atoms with Crippen LogP contribution in [0.1, 0.15) is 5.56 Å². The second kappa shape index (κ2) is 6.64. The van der Waals surface area contributed by atoms with Gasteiger partial charge in [-0.1, -0.05) is 23.7 Å². The maximum Gasteiger partial charge on any atom is 0.244 e. The van der Waals surface area contributed by atoms with Crippen LogP contribution in [0.5, 0.6) is 0 Å². The van der Waals surface area contributed by atoms with Crippen molar-refractivity contribution in [1.29, 1.82) is 0 Å². The number of rotatable bonds is 3. The summed E-state index contributed by atoms with van der Waals surface area (Å²) >= 11 is 7.41. The summed E-state index contributed by atoms with van der Waals surface area (Å²) in [5.41, 5.74) is 2.37. The molecule has 0 fully saturated rings. The van der Waals surface area contributed by atoms with Crippen LogP contribution in [0.3, 0.4) is 0 Å². The molecule has 23 heavy (non-hydrogen) atoms. The average Bonchev–Trinajstić information content (AvgIpc) is 2.53. The third-order valence-corrected chi connectivity index (χ3v) is 4.86. The fourth-order valence-corrected chi connectivity index (χ4v) is 3.59. The fourth-order valence-electron chi connectivity index (χ4n) is 2.43. The van der Waals surface area contributed by atoms with E-state index in [-0.39, 0.29) is 18.4 Å². The first kappa shape index (κ1) is 15.9. The van der Waals surface area contributed by atoms with Crippen LogP contribution in [0.2, 0.25) is 5.02 Å². The number of anilines is 2. The maximum absolute atomic E-state index is 12.3. The van der Waals surface area contributed by atoms with E-state index >= 15 is 0 Å². The SMILES string of the molecule is Cc1cc(Cl)ccc1NC(=O)CN1C(=O)CSc2ccccc21. The highest BCUT2D eigenvalue weighted by molar-refractivity contribution is 8.00. The lowest BCUT2D eigenvalue weighted by molar-refractivity contribution is -0.120. The van der Waals surface area contributed by atoms with Gasteiger partial charge in [-0.2, -0.15) is 0 Å². The molecule has 1 N–H and O–H groups in total. The molecule has 4 nitrogen and oxygen atoms in total. The van der Waals surface area contributed by atoms with E-state index in [1.807, 2.05) is 31.2 Å². The summed E-state index contributed by atoms with van der Waals surface area (Å²) in [7, 11) is 0. The van der Waals surface area contributed by atoms with E-state index in [0.29, 0.717) is 16.5 Å². The van der Waals surface area contributed by atoms with Crippen molar-refractivity contribution in [1.82, 2.24) is 0 Å². The van der Waals surface area contributed by atoms with Crippen molar-refractivity contribution in [3.05, 3.63) is 53.1 Å². The van der Waals surface area contributed by atoms with Crippen LogP contribution in [-0.2, 0) is 9.59 Å². The molecular weight excluding hydrogens is 332 g/mol. The molecule has 0 spiro atoms. The summed E-state index contributed by atoms with van der Waals surface area (Å²) in [5.74, 6) is 0.0618. The highest BCUT2D eigenvalue weighted by Gasteiger charge is 2.26. The van der Waals surface area contributed by atoms with Gasteiger partial charge in [0.15, 0.2) is 0 Å². The molecule has 0 radical (unpaired) electrons. The Kier molecular flexibility index (Phi) is 4.59. The number of benzene rings is 2. The van der Waals surface area contributed by atoms with E-state index in [9.17, 15) is 9.59 Å². The van der Waals surface area contributed by atoms with Gasteiger partial charge in [0, 0.05) is 15.6 Å². The van der Waals surface area contributed by atoms with Crippen LogP contribution in [-0.4, -0.2) is 24.1 Å². The Hall–Kier alpha value is -1.98. The largest absolute Gasteiger partial charge is 0.324 e. The van der Waals surface area contributed by atoms with Gasteiger partial charge in [0.05, 0.1) is 11.4 Å². The topological polar surface area (TPSA) is 49.4 Å². The Labute approximate surface area is 143 Å². The molecule has 1 aliphatic rings. The minimum atomic E-state index is -0.231. The molecule has 2 aromatic rings. The lowest BCUT2D eigenvalue weighted by Crippen LogP contribution is -2.41. The zero-order chi connectivity index (χ0) is 16.4. The first-order chi connectivity index (χ1) is 11.0. The third-order valence-electron chi connectivity index (χ3n) is 3.57. The molecule has 1 aliphatic heterocycles. The lowest BCUT2D eigenvalue weighted by Gasteiger charge is -2.28. The molecule has 118 valence electrons. The number of nitrogens with zero attached hydrogens (tertiary/aromatic N) is 1. The zero-order valence-corrected chi connectivity index (χ0v) is 14.1. The highest BCUT2D eigenvalue weighted by Crippen LogP contribution is 2.34. The number of aryl methyl sites for hydroxylation is 1. The molecule has 1 heterocycles. The van der Waals surface area contributed by atoms with Gasteiger partial charge < -0.3 is 10.2 Å². The minimum Gasteiger partial charge on any atom is -0.324 e. The second-order valence-electron chi connectivity index (χ2n) is 5.24. The quantitative estimate of drug-likeness (QED) is 0.921. The maximum atomic E-state index is 12.3. The summed E-state index contributed by atoms with van der Waals surface area (Å²) < 4.78 is 0. The van der Waals surface area contributed by atoms with Crippen molar-refractivity contribution in [2.24, 2.45) is 0 Å². The molecule has 6 heteroatoms. The van der Waals surface area contributed by atoms with Gasteiger partial charge in [0.25, 0.3) is 0 Å². The number of hydrogen-bond donors (Lipinski definition) is 1. The molecule has 0 atom stereocenters. The summed E-state index contributed by atoms with van der Waals surface area (Å²) in [6, 6.07) is 12.9. The van der Waals surface area contributed by atoms with Gasteiger partial charge in [0.1, 0.15) is 6.54 Å². The van der Waals surface area contributed by atoms with E-state index in [0.717, 1.165) is 16.1 Å². The number of nitrogens with one attached hydrogen (secondary N) is 1. The summed E-state index contributed by atoms with van der Waals surface area (Å²) in [6.07, 6.45) is 0. The number of para-hydroxylation sites is 1. The van der Waals surface area contributed by atoms with E-state index in [1.54, 1.807) is 18.2 Å². The van der Waals surface area contributed by atoms with E-state index in [2.05, 4.69) is 5.32 Å². The van der Waals surface area contributed by atoms with Crippen molar-refractivity contribution < 1.29 is 9.59 Å². The van der Waals surface area contributed by atoms with Gasteiger partial charge in [0.2, 0.25) is 11.8 Å². The van der Waals surface area contributed by atoms with Crippen LogP contribution in [0.4, 0.5) is 11.4 Å². The number of hydrogen-bond acceptors (Lipinski definition) is 3. The Morgan fingerprint density at radius 3 is 2.87 bits per heavy atom. The van der Waals surface area contributed by atoms with E-state index in [4.69, 9.17) is 11.6 Å². The predicted octanol–water partition coefficient (Wildman–Crippen LogP) is 3.73. The highest BCUT2D eigenvalue weighted by atomic mass is 35.5. The number of thioether (sulfide) groups is 1. The summed E-state index contributed by atoms with van der Waals surface area (Å²) in [6.45, 7) is 1.87. The van der Waals surface area contributed by atoms with Crippen LogP contribution >= 0.6 is 23.4 Å². The fraction of sp³-hybridized carbons (Fsp3) is 0.176. The van der Waals surface area contributed by atoms with Gasteiger partial charge in [-0.25, -0.2) is 0 Å². The number of amides is 2. The molecule has 0 aromatic heterocycles. The molecule has 2 aromatic carbocycles. The van der Waals surface area contributed by atoms with E-state index in [1.165, 1.54) is 16.7 Å². The molecule has 0 bridgehead atoms. The Balaban J connectivity index is 1.76. The van der Waals surface area contributed by atoms with Crippen molar-refractivity contribution >= 4 is 46.6 Å². The van der Waals surface area contributed by atoms with Gasteiger partial charge >= 0.3 is 0 Å². The first-order valence-corrected chi connectivity index (χ1v) is 8.49. The van der Waals surface area contributed by atoms with Crippen LogP contribution in [0.25, 0.3) is 0 Å². The molecular formula is C17H15ClN2O2S. The molecule has 0 unspecified atom stereocenters. The van der Waals surface area contributed by atoms with Crippen molar-refractivity contribution in [2.75, 3.05) is 22.5 Å². The van der Waals surface area contributed by atoms with E-state index < -0.39 is 0 Å². The average molecular weight is 347 g/mol. The normalized spacial score (nSPS) is 13.7. The first-order valence-electron chi connectivity index (χ1n) is 7.13. The third kappa shape index (κ3) is 3.51. The predicted molar refractivity (Wildman–Crippen MR) is 94.3 cm³/mol. The van der Waals surface area contributed by atoms with Gasteiger partial charge in [-0.3, -0.25) is 9.59 Å². The Morgan fingerprint density at radius 1 is 1.30 bits per heavy atom. The van der Waals surface area contributed by atoms with Crippen molar-refractivity contribution in [2.45, 2.75) is 11.8 Å². The number of carbonyl (C=O) groups is 2. The second-order valence-corrected chi connectivity index (χ2v) is 6.70. The summed E-state index contributed by atoms with van der Waals surface area (Å²) in [4.78, 5) is 27.0. The monoisotopic (exact) mass is 346 g/mol. The lowest BCUT2D eigenvalue weighted by atomic mass is 10.2. The molecule has 0 saturated heterocycles. The Morgan fingerprint density at radius 2 is 2.09 bits per heavy atom. The van der Waals surface area contributed by atoms with Crippen molar-refractivity contribution in [3.63, 3.8) is 0 Å². The van der Waals surface area contributed by atoms with Gasteiger partial charge in [-0.15, -0.1) is 11.8 Å². The zero-order valence-electron chi connectivity index (χ0n) is 12.5. The van der Waals surface area contributed by atoms with Crippen LogP contribution < -0.4 is 10.2 Å².